The van der Waals surface area contributed by atoms with Gasteiger partial charge in [0.2, 0.25) is 5.91 Å². The van der Waals surface area contributed by atoms with E-state index in [-0.39, 0.29) is 31.9 Å². The standard InChI is InChI=1S/C19H27NO5/c1-18(2,13-25-3)16(22)20-10-9-19(17(23)24,15(21)12-20)11-14-7-5-4-6-8-14/h4-8,15,21H,9-13H2,1-3H3,(H,23,24)/t15-,19+/m0/s1. The van der Waals surface area contributed by atoms with E-state index < -0.39 is 22.9 Å². The molecule has 0 bridgehead atoms. The molecule has 1 aliphatic rings. The van der Waals surface area contributed by atoms with Gasteiger partial charge in [-0.05, 0) is 32.3 Å². The van der Waals surface area contributed by atoms with Gasteiger partial charge in [-0.1, -0.05) is 30.3 Å². The molecule has 1 aromatic carbocycles. The first-order valence-corrected chi connectivity index (χ1v) is 8.46. The molecule has 0 saturated carbocycles. The Morgan fingerprint density at radius 1 is 1.32 bits per heavy atom. The molecule has 0 aliphatic carbocycles. The van der Waals surface area contributed by atoms with Gasteiger partial charge in [-0.3, -0.25) is 9.59 Å². The number of methoxy groups -OCH3 is 1. The number of carboxylic acid groups (broad SMARTS) is 1. The first-order valence-electron chi connectivity index (χ1n) is 8.46. The summed E-state index contributed by atoms with van der Waals surface area (Å²) in [5.74, 6) is -1.15. The highest BCUT2D eigenvalue weighted by atomic mass is 16.5. The van der Waals surface area contributed by atoms with Gasteiger partial charge < -0.3 is 19.8 Å². The van der Waals surface area contributed by atoms with Gasteiger partial charge in [0.1, 0.15) is 5.41 Å². The molecule has 1 aromatic rings. The van der Waals surface area contributed by atoms with Crippen molar-refractivity contribution < 1.29 is 24.5 Å². The summed E-state index contributed by atoms with van der Waals surface area (Å²) in [5.41, 5.74) is -1.12. The van der Waals surface area contributed by atoms with Crippen molar-refractivity contribution in [1.82, 2.24) is 4.90 Å². The van der Waals surface area contributed by atoms with Gasteiger partial charge >= 0.3 is 5.97 Å². The number of carboxylic acids is 1. The van der Waals surface area contributed by atoms with E-state index in [1.165, 1.54) is 7.11 Å². The van der Waals surface area contributed by atoms with Gasteiger partial charge in [0.15, 0.2) is 0 Å². The van der Waals surface area contributed by atoms with Crippen LogP contribution >= 0.6 is 0 Å². The summed E-state index contributed by atoms with van der Waals surface area (Å²) in [7, 11) is 1.54. The Morgan fingerprint density at radius 2 is 1.96 bits per heavy atom. The topological polar surface area (TPSA) is 87.1 Å². The number of hydrogen-bond acceptors (Lipinski definition) is 4. The summed E-state index contributed by atoms with van der Waals surface area (Å²) < 4.78 is 5.10. The van der Waals surface area contributed by atoms with E-state index in [4.69, 9.17) is 4.74 Å². The fourth-order valence-electron chi connectivity index (χ4n) is 3.50. The van der Waals surface area contributed by atoms with Crippen LogP contribution in [-0.2, 0) is 20.7 Å². The predicted octanol–water partition coefficient (Wildman–Crippen LogP) is 1.57. The zero-order valence-electron chi connectivity index (χ0n) is 15.1. The van der Waals surface area contributed by atoms with Crippen LogP contribution in [0.4, 0.5) is 0 Å². The Hall–Kier alpha value is -1.92. The van der Waals surface area contributed by atoms with Crippen LogP contribution in [0.1, 0.15) is 25.8 Å². The lowest BCUT2D eigenvalue weighted by molar-refractivity contribution is -0.168. The number of hydrogen-bond donors (Lipinski definition) is 2. The maximum absolute atomic E-state index is 12.7. The Morgan fingerprint density at radius 3 is 2.48 bits per heavy atom. The number of carbonyl (C=O) groups is 2. The van der Waals surface area contributed by atoms with Gasteiger partial charge in [0.05, 0.1) is 18.1 Å². The molecule has 2 rings (SSSR count). The molecule has 1 fully saturated rings. The van der Waals surface area contributed by atoms with Gasteiger partial charge in [0, 0.05) is 20.2 Å². The third-order valence-electron chi connectivity index (χ3n) is 5.02. The summed E-state index contributed by atoms with van der Waals surface area (Å²) in [6, 6.07) is 9.28. The first kappa shape index (κ1) is 19.4. The number of likely N-dealkylation sites (tertiary alicyclic amines) is 1. The van der Waals surface area contributed by atoms with E-state index in [1.54, 1.807) is 18.7 Å². The van der Waals surface area contributed by atoms with Crippen LogP contribution in [0.15, 0.2) is 30.3 Å². The fourth-order valence-corrected chi connectivity index (χ4v) is 3.50. The number of β-amino-alcohol motifs (C(OH)–C–C–N with tert-alkyl or cyclic N) is 1. The van der Waals surface area contributed by atoms with Crippen molar-refractivity contribution >= 4 is 11.9 Å². The molecule has 6 heteroatoms. The van der Waals surface area contributed by atoms with Crippen molar-refractivity contribution in [2.75, 3.05) is 26.8 Å². The van der Waals surface area contributed by atoms with Crippen LogP contribution in [0.3, 0.4) is 0 Å². The number of piperidine rings is 1. The second kappa shape index (κ2) is 7.54. The lowest BCUT2D eigenvalue weighted by atomic mass is 9.71. The molecule has 0 radical (unpaired) electrons. The normalized spacial score (nSPS) is 24.2. The monoisotopic (exact) mass is 349 g/mol. The quantitative estimate of drug-likeness (QED) is 0.814. The molecule has 0 aromatic heterocycles. The SMILES string of the molecule is COCC(C)(C)C(=O)N1CC[C@](Cc2ccccc2)(C(=O)O)[C@@H](O)C1. The highest BCUT2D eigenvalue weighted by molar-refractivity contribution is 5.83. The van der Waals surface area contributed by atoms with Gasteiger partial charge in [-0.2, -0.15) is 0 Å². The molecule has 2 atom stereocenters. The number of rotatable bonds is 6. The summed E-state index contributed by atoms with van der Waals surface area (Å²) in [6.07, 6.45) is -0.664. The molecule has 1 amide bonds. The molecule has 1 aliphatic heterocycles. The van der Waals surface area contributed by atoms with Crippen LogP contribution in [0.2, 0.25) is 0 Å². The van der Waals surface area contributed by atoms with Crippen LogP contribution in [-0.4, -0.2) is 59.9 Å². The third kappa shape index (κ3) is 4.02. The van der Waals surface area contributed by atoms with Crippen molar-refractivity contribution in [1.29, 1.82) is 0 Å². The van der Waals surface area contributed by atoms with Gasteiger partial charge in [-0.15, -0.1) is 0 Å². The number of nitrogens with zero attached hydrogens (tertiary/aromatic N) is 1. The summed E-state index contributed by atoms with van der Waals surface area (Å²) in [6.45, 7) is 4.17. The van der Waals surface area contributed by atoms with Crippen molar-refractivity contribution in [3.05, 3.63) is 35.9 Å². The zero-order chi connectivity index (χ0) is 18.7. The largest absolute Gasteiger partial charge is 0.481 e. The minimum absolute atomic E-state index is 0.0190. The van der Waals surface area contributed by atoms with Gasteiger partial charge in [0.25, 0.3) is 0 Å². The van der Waals surface area contributed by atoms with Crippen molar-refractivity contribution in [3.63, 3.8) is 0 Å². The fraction of sp³-hybridized carbons (Fsp3) is 0.579. The van der Waals surface area contributed by atoms with Crippen molar-refractivity contribution in [2.24, 2.45) is 10.8 Å². The minimum Gasteiger partial charge on any atom is -0.481 e. The maximum atomic E-state index is 12.7. The van der Waals surface area contributed by atoms with Crippen molar-refractivity contribution in [3.8, 4) is 0 Å². The Labute approximate surface area is 148 Å². The number of aliphatic hydroxyl groups excluding tert-OH is 1. The number of ether oxygens (including phenoxy) is 1. The third-order valence-corrected chi connectivity index (χ3v) is 5.02. The molecule has 6 nitrogen and oxygen atoms in total. The van der Waals surface area contributed by atoms with Crippen LogP contribution in [0.5, 0.6) is 0 Å². The van der Waals surface area contributed by atoms with Crippen LogP contribution in [0, 0.1) is 10.8 Å². The molecule has 1 heterocycles. The molecule has 138 valence electrons. The Bertz CT molecular complexity index is 616. The number of aliphatic carboxylic acids is 1. The average molecular weight is 349 g/mol. The number of benzene rings is 1. The second-order valence-electron chi connectivity index (χ2n) is 7.46. The molecule has 25 heavy (non-hydrogen) atoms. The zero-order valence-corrected chi connectivity index (χ0v) is 15.1. The van der Waals surface area contributed by atoms with E-state index in [0.717, 1.165) is 5.56 Å². The summed E-state index contributed by atoms with van der Waals surface area (Å²) in [5, 5.41) is 20.5. The molecular formula is C19H27NO5. The van der Waals surface area contributed by atoms with E-state index in [0.29, 0.717) is 6.54 Å². The van der Waals surface area contributed by atoms with Crippen LogP contribution in [0.25, 0.3) is 0 Å². The summed E-state index contributed by atoms with van der Waals surface area (Å²) in [4.78, 5) is 26.2. The van der Waals surface area contributed by atoms with E-state index in [2.05, 4.69) is 0 Å². The van der Waals surface area contributed by atoms with E-state index >= 15 is 0 Å². The predicted molar refractivity (Wildman–Crippen MR) is 93.1 cm³/mol. The molecule has 1 saturated heterocycles. The lowest BCUT2D eigenvalue weighted by Gasteiger charge is -2.44. The van der Waals surface area contributed by atoms with E-state index in [1.807, 2.05) is 30.3 Å². The average Bonchev–Trinajstić information content (AvgIpc) is 2.56. The molecular weight excluding hydrogens is 322 g/mol. The first-order chi connectivity index (χ1) is 11.7. The van der Waals surface area contributed by atoms with Gasteiger partial charge in [-0.25, -0.2) is 0 Å². The molecule has 2 N–H and O–H groups in total. The molecule has 0 unspecified atom stereocenters. The van der Waals surface area contributed by atoms with E-state index in [9.17, 15) is 19.8 Å². The Kier molecular flexibility index (Phi) is 5.85. The smallest absolute Gasteiger partial charge is 0.312 e. The lowest BCUT2D eigenvalue weighted by Crippen LogP contribution is -2.59. The maximum Gasteiger partial charge on any atom is 0.312 e. The highest BCUT2D eigenvalue weighted by Gasteiger charge is 2.50. The highest BCUT2D eigenvalue weighted by Crippen LogP contribution is 2.37. The number of aliphatic hydroxyl groups is 1. The summed E-state index contributed by atoms with van der Waals surface area (Å²) >= 11 is 0. The minimum atomic E-state index is -1.27. The Balaban J connectivity index is 2.17. The number of carbonyl (C=O) groups excluding carboxylic acids is 1. The molecule has 0 spiro atoms. The second-order valence-corrected chi connectivity index (χ2v) is 7.46. The van der Waals surface area contributed by atoms with Crippen molar-refractivity contribution in [2.45, 2.75) is 32.8 Å². The van der Waals surface area contributed by atoms with Crippen LogP contribution < -0.4 is 0 Å². The number of amides is 1.